The molecule has 27 heavy (non-hydrogen) atoms. The first-order valence-corrected chi connectivity index (χ1v) is 8.87. The van der Waals surface area contributed by atoms with Crippen molar-refractivity contribution in [3.63, 3.8) is 0 Å². The van der Waals surface area contributed by atoms with E-state index in [9.17, 15) is 0 Å². The molecule has 0 atom stereocenters. The number of hydrogen-bond acceptors (Lipinski definition) is 2. The van der Waals surface area contributed by atoms with Gasteiger partial charge in [0.1, 0.15) is 5.82 Å². The zero-order valence-electron chi connectivity index (χ0n) is 17.8. The van der Waals surface area contributed by atoms with Crippen LogP contribution in [-0.4, -0.2) is 9.97 Å². The number of hydrogen-bond donors (Lipinski definition) is 0. The van der Waals surface area contributed by atoms with E-state index in [-0.39, 0.29) is 18.1 Å². The molecular weight excluding hydrogens is 328 g/mol. The van der Waals surface area contributed by atoms with E-state index in [2.05, 4.69) is 4.98 Å². The molecule has 5 aromatic rings. The van der Waals surface area contributed by atoms with Gasteiger partial charge < -0.3 is 0 Å². The molecule has 0 N–H and O–H groups in total. The van der Waals surface area contributed by atoms with Crippen molar-refractivity contribution in [1.29, 1.82) is 0 Å². The minimum atomic E-state index is -0.122. The van der Waals surface area contributed by atoms with Gasteiger partial charge in [0.05, 0.1) is 15.3 Å². The second kappa shape index (κ2) is 6.33. The largest absolute Gasteiger partial charge is 0.233 e. The Balaban J connectivity index is 1.96. The Morgan fingerprint density at radius 1 is 0.741 bits per heavy atom. The number of fused-ring (bicyclic) bond motifs is 2. The fraction of sp³-hybridized carbons (Fsp3) is 0.0400. The van der Waals surface area contributed by atoms with Crippen LogP contribution in [0.25, 0.3) is 44.1 Å². The highest BCUT2D eigenvalue weighted by molar-refractivity contribution is 6.04. The topological polar surface area (TPSA) is 25.8 Å². The molecule has 0 saturated carbocycles. The van der Waals surface area contributed by atoms with Crippen molar-refractivity contribution < 1.29 is 4.11 Å². The highest BCUT2D eigenvalue weighted by atomic mass is 14.9. The van der Waals surface area contributed by atoms with Crippen LogP contribution in [0.3, 0.4) is 0 Å². The molecule has 0 aliphatic rings. The Morgan fingerprint density at radius 2 is 1.52 bits per heavy atom. The van der Waals surface area contributed by atoms with E-state index < -0.39 is 0 Å². The van der Waals surface area contributed by atoms with E-state index in [1.54, 1.807) is 6.92 Å². The highest BCUT2D eigenvalue weighted by Gasteiger charge is 2.13. The summed E-state index contributed by atoms with van der Waals surface area (Å²) in [5.74, 6) is 0.538. The van der Waals surface area contributed by atoms with Crippen LogP contribution in [0.4, 0.5) is 0 Å². The van der Waals surface area contributed by atoms with Gasteiger partial charge in [0.2, 0.25) is 0 Å². The Kier molecular flexibility index (Phi) is 2.99. The summed E-state index contributed by atoms with van der Waals surface area (Å²) in [6.45, 7) is 1.79. The fourth-order valence-corrected chi connectivity index (χ4v) is 3.48. The van der Waals surface area contributed by atoms with Gasteiger partial charge >= 0.3 is 0 Å². The molecule has 0 bridgehead atoms. The number of aromatic nitrogens is 2. The van der Waals surface area contributed by atoms with E-state index in [1.807, 2.05) is 72.8 Å². The van der Waals surface area contributed by atoms with Crippen LogP contribution in [-0.2, 0) is 0 Å². The summed E-state index contributed by atoms with van der Waals surface area (Å²) in [5, 5.41) is 2.81. The Bertz CT molecular complexity index is 1430. The zero-order valence-corrected chi connectivity index (χ0v) is 14.8. The molecule has 128 valence electrons. The number of rotatable bonds is 2. The second-order valence-corrected chi connectivity index (χ2v) is 6.52. The van der Waals surface area contributed by atoms with Crippen molar-refractivity contribution in [1.82, 2.24) is 9.97 Å². The summed E-state index contributed by atoms with van der Waals surface area (Å²) < 4.78 is 25.6. The molecule has 4 aromatic carbocycles. The Morgan fingerprint density at radius 3 is 2.37 bits per heavy atom. The van der Waals surface area contributed by atoms with E-state index in [1.165, 1.54) is 0 Å². The number of nitrogens with zero attached hydrogens (tertiary/aromatic N) is 2. The van der Waals surface area contributed by atoms with Crippen LogP contribution >= 0.6 is 0 Å². The van der Waals surface area contributed by atoms with Gasteiger partial charge in [-0.15, -0.1) is 0 Å². The molecule has 1 heterocycles. The molecule has 0 aliphatic carbocycles. The van der Waals surface area contributed by atoms with Gasteiger partial charge in [0.15, 0.2) is 0 Å². The molecular formula is C25H18N2. The molecule has 0 amide bonds. The van der Waals surface area contributed by atoms with Crippen molar-refractivity contribution in [3.05, 3.63) is 96.7 Å². The lowest BCUT2D eigenvalue weighted by molar-refractivity contribution is 1.10. The van der Waals surface area contributed by atoms with Gasteiger partial charge in [-0.2, -0.15) is 0 Å². The van der Waals surface area contributed by atoms with Crippen molar-refractivity contribution in [3.8, 4) is 22.4 Å². The maximum atomic E-state index is 8.71. The summed E-state index contributed by atoms with van der Waals surface area (Å²) in [6, 6.07) is 23.7. The second-order valence-electron chi connectivity index (χ2n) is 6.52. The summed E-state index contributed by atoms with van der Waals surface area (Å²) in [6.07, 6.45) is 0. The van der Waals surface area contributed by atoms with Crippen molar-refractivity contribution in [2.24, 2.45) is 0 Å². The third kappa shape index (κ3) is 2.76. The number of benzene rings is 4. The summed E-state index contributed by atoms with van der Waals surface area (Å²) in [7, 11) is 0. The lowest BCUT2D eigenvalue weighted by Gasteiger charge is -2.13. The zero-order chi connectivity index (χ0) is 20.8. The van der Waals surface area contributed by atoms with Crippen LogP contribution in [0.15, 0.2) is 90.9 Å². The molecule has 2 heteroatoms. The highest BCUT2D eigenvalue weighted by Crippen LogP contribution is 2.35. The molecule has 0 radical (unpaired) electrons. The minimum absolute atomic E-state index is 0.0208. The first-order valence-electron chi connectivity index (χ1n) is 10.4. The predicted molar refractivity (Wildman–Crippen MR) is 113 cm³/mol. The molecule has 0 unspecified atom stereocenters. The third-order valence-electron chi connectivity index (χ3n) is 4.72. The molecule has 0 aliphatic heterocycles. The van der Waals surface area contributed by atoms with Gasteiger partial charge in [-0.3, -0.25) is 0 Å². The predicted octanol–water partition coefficient (Wildman–Crippen LogP) is 6.43. The van der Waals surface area contributed by atoms with E-state index in [0.717, 1.165) is 21.9 Å². The summed E-state index contributed by atoms with van der Waals surface area (Å²) >= 11 is 0. The van der Waals surface area contributed by atoms with Crippen molar-refractivity contribution >= 4 is 21.7 Å². The lowest BCUT2D eigenvalue weighted by Crippen LogP contribution is -1.96. The Labute approximate surface area is 162 Å². The average molecular weight is 349 g/mol. The third-order valence-corrected chi connectivity index (χ3v) is 4.72. The lowest BCUT2D eigenvalue weighted by atomic mass is 9.95. The van der Waals surface area contributed by atoms with Crippen LogP contribution in [0, 0.1) is 6.92 Å². The maximum Gasteiger partial charge on any atom is 0.126 e. The van der Waals surface area contributed by atoms with Gasteiger partial charge in [0.25, 0.3) is 0 Å². The summed E-state index contributed by atoms with van der Waals surface area (Å²) in [4.78, 5) is 9.20. The normalized spacial score (nSPS) is 12.7. The minimum Gasteiger partial charge on any atom is -0.233 e. The first kappa shape index (κ1) is 12.8. The van der Waals surface area contributed by atoms with Gasteiger partial charge in [-0.05, 0) is 40.9 Å². The molecule has 2 nitrogen and oxygen atoms in total. The van der Waals surface area contributed by atoms with Crippen molar-refractivity contribution in [2.75, 3.05) is 0 Å². The van der Waals surface area contributed by atoms with E-state index in [4.69, 9.17) is 9.10 Å². The first-order chi connectivity index (χ1) is 14.5. The molecule has 0 fully saturated rings. The SMILES string of the molecule is [2H]c1c([2H])c(-c2ccc3ccccc3c2)c2c(-c3ccccc3)nc(C)nc2c1[2H]. The van der Waals surface area contributed by atoms with Gasteiger partial charge in [-0.25, -0.2) is 9.97 Å². The van der Waals surface area contributed by atoms with Crippen molar-refractivity contribution in [2.45, 2.75) is 6.92 Å². The quantitative estimate of drug-likeness (QED) is 0.367. The van der Waals surface area contributed by atoms with Crippen LogP contribution in [0.5, 0.6) is 0 Å². The molecule has 5 rings (SSSR count). The van der Waals surface area contributed by atoms with E-state index in [0.29, 0.717) is 28.0 Å². The van der Waals surface area contributed by atoms with E-state index >= 15 is 0 Å². The summed E-state index contributed by atoms with van der Waals surface area (Å²) in [5.41, 5.74) is 3.40. The van der Waals surface area contributed by atoms with Gasteiger partial charge in [0, 0.05) is 10.9 Å². The monoisotopic (exact) mass is 349 g/mol. The maximum absolute atomic E-state index is 8.71. The molecule has 0 spiro atoms. The average Bonchev–Trinajstić information content (AvgIpc) is 2.78. The van der Waals surface area contributed by atoms with Gasteiger partial charge in [-0.1, -0.05) is 78.8 Å². The van der Waals surface area contributed by atoms with Crippen LogP contribution in [0.2, 0.25) is 0 Å². The molecule has 0 saturated heterocycles. The smallest absolute Gasteiger partial charge is 0.126 e. The Hall–Kier alpha value is -3.52. The number of aryl methyl sites for hydroxylation is 1. The van der Waals surface area contributed by atoms with Crippen LogP contribution < -0.4 is 0 Å². The molecule has 1 aromatic heterocycles. The fourth-order valence-electron chi connectivity index (χ4n) is 3.48. The van der Waals surface area contributed by atoms with Crippen LogP contribution in [0.1, 0.15) is 9.94 Å². The standard InChI is InChI=1S/C25H18N2/c1-17-26-23-13-7-12-22(21-15-14-18-8-5-6-11-20(18)16-21)24(23)25(27-17)19-9-3-2-4-10-19/h2-16H,1H3/i7D,12D,13D.